The average Bonchev–Trinajstić information content (AvgIpc) is 2.87. The SMILES string of the molecule is NCC1CCCCN1S(=O)(=O)c1cnn(CC(F)F)c1. The number of nitrogens with two attached hydrogens (primary N) is 1. The molecule has 114 valence electrons. The van der Waals surface area contributed by atoms with E-state index in [9.17, 15) is 17.2 Å². The lowest BCUT2D eigenvalue weighted by molar-refractivity contribution is 0.121. The molecule has 1 saturated heterocycles. The summed E-state index contributed by atoms with van der Waals surface area (Å²) in [5, 5.41) is 3.67. The second kappa shape index (κ2) is 6.15. The van der Waals surface area contributed by atoms with Crippen LogP contribution < -0.4 is 5.73 Å². The third-order valence-electron chi connectivity index (χ3n) is 3.39. The Labute approximate surface area is 116 Å². The monoisotopic (exact) mass is 308 g/mol. The van der Waals surface area contributed by atoms with Gasteiger partial charge < -0.3 is 5.73 Å². The first-order valence-corrected chi connectivity index (χ1v) is 7.91. The summed E-state index contributed by atoms with van der Waals surface area (Å²) >= 11 is 0. The maximum absolute atomic E-state index is 12.5. The van der Waals surface area contributed by atoms with Crippen LogP contribution in [-0.4, -0.2) is 48.1 Å². The summed E-state index contributed by atoms with van der Waals surface area (Å²) in [5.41, 5.74) is 5.61. The second-order valence-corrected chi connectivity index (χ2v) is 6.68. The minimum Gasteiger partial charge on any atom is -0.329 e. The molecule has 0 aromatic carbocycles. The van der Waals surface area contributed by atoms with Gasteiger partial charge in [-0.3, -0.25) is 4.68 Å². The van der Waals surface area contributed by atoms with Crippen molar-refractivity contribution in [2.24, 2.45) is 5.73 Å². The molecule has 0 aliphatic carbocycles. The van der Waals surface area contributed by atoms with Gasteiger partial charge in [0.05, 0.1) is 6.20 Å². The van der Waals surface area contributed by atoms with Crippen molar-refractivity contribution >= 4 is 10.0 Å². The van der Waals surface area contributed by atoms with Gasteiger partial charge in [0.15, 0.2) is 0 Å². The van der Waals surface area contributed by atoms with Crippen molar-refractivity contribution in [3.8, 4) is 0 Å². The quantitative estimate of drug-likeness (QED) is 0.866. The Morgan fingerprint density at radius 1 is 1.45 bits per heavy atom. The van der Waals surface area contributed by atoms with Gasteiger partial charge in [-0.25, -0.2) is 17.2 Å². The zero-order chi connectivity index (χ0) is 14.8. The standard InChI is InChI=1S/C11H18F2N4O2S/c12-11(13)8-16-7-10(6-15-16)20(18,19)17-4-2-1-3-9(17)5-14/h6-7,9,11H,1-5,8,14H2. The van der Waals surface area contributed by atoms with E-state index in [4.69, 9.17) is 5.73 Å². The molecule has 0 amide bonds. The first-order valence-electron chi connectivity index (χ1n) is 6.47. The Hall–Kier alpha value is -1.06. The molecule has 1 aromatic heterocycles. The molecule has 1 aromatic rings. The number of rotatable bonds is 5. The Morgan fingerprint density at radius 2 is 2.20 bits per heavy atom. The number of hydrogen-bond acceptors (Lipinski definition) is 4. The number of halogens is 2. The Morgan fingerprint density at radius 3 is 2.85 bits per heavy atom. The summed E-state index contributed by atoms with van der Waals surface area (Å²) in [5.74, 6) is 0. The third-order valence-corrected chi connectivity index (χ3v) is 5.29. The molecule has 0 radical (unpaired) electrons. The normalized spacial score (nSPS) is 21.5. The number of sulfonamides is 1. The van der Waals surface area contributed by atoms with Crippen LogP contribution in [0.25, 0.3) is 0 Å². The molecule has 6 nitrogen and oxygen atoms in total. The summed E-state index contributed by atoms with van der Waals surface area (Å²) in [6.07, 6.45) is 2.13. The molecule has 0 bridgehead atoms. The highest BCUT2D eigenvalue weighted by atomic mass is 32.2. The molecule has 1 atom stereocenters. The van der Waals surface area contributed by atoms with Gasteiger partial charge in [0, 0.05) is 25.3 Å². The third kappa shape index (κ3) is 3.15. The lowest BCUT2D eigenvalue weighted by atomic mass is 10.1. The minimum atomic E-state index is -3.71. The van der Waals surface area contributed by atoms with Gasteiger partial charge in [0.25, 0.3) is 6.43 Å². The smallest absolute Gasteiger partial charge is 0.257 e. The van der Waals surface area contributed by atoms with Crippen molar-refractivity contribution in [1.82, 2.24) is 14.1 Å². The van der Waals surface area contributed by atoms with Gasteiger partial charge in [-0.05, 0) is 12.8 Å². The number of alkyl halides is 2. The van der Waals surface area contributed by atoms with Crippen LogP contribution in [0.15, 0.2) is 17.3 Å². The fourth-order valence-corrected chi connectivity index (χ4v) is 4.04. The van der Waals surface area contributed by atoms with Crippen molar-refractivity contribution in [2.75, 3.05) is 13.1 Å². The maximum Gasteiger partial charge on any atom is 0.257 e. The largest absolute Gasteiger partial charge is 0.329 e. The van der Waals surface area contributed by atoms with E-state index in [1.54, 1.807) is 0 Å². The Bertz CT molecular complexity index is 546. The maximum atomic E-state index is 12.5. The lowest BCUT2D eigenvalue weighted by Crippen LogP contribution is -2.47. The average molecular weight is 308 g/mol. The zero-order valence-corrected chi connectivity index (χ0v) is 11.8. The van der Waals surface area contributed by atoms with Crippen LogP contribution in [0.2, 0.25) is 0 Å². The van der Waals surface area contributed by atoms with Crippen LogP contribution in [0.4, 0.5) is 8.78 Å². The summed E-state index contributed by atoms with van der Waals surface area (Å²) < 4.78 is 51.8. The molecule has 0 saturated carbocycles. The number of hydrogen-bond donors (Lipinski definition) is 1. The number of nitrogens with zero attached hydrogens (tertiary/aromatic N) is 3. The molecule has 1 fully saturated rings. The van der Waals surface area contributed by atoms with Crippen molar-refractivity contribution in [2.45, 2.75) is 43.2 Å². The molecular formula is C11H18F2N4O2S. The highest BCUT2D eigenvalue weighted by molar-refractivity contribution is 7.89. The summed E-state index contributed by atoms with van der Waals surface area (Å²) in [7, 11) is -3.71. The van der Waals surface area contributed by atoms with E-state index in [1.165, 1.54) is 4.31 Å². The summed E-state index contributed by atoms with van der Waals surface area (Å²) in [6.45, 7) is 0.0461. The van der Waals surface area contributed by atoms with Gasteiger partial charge in [0.1, 0.15) is 11.4 Å². The molecule has 2 heterocycles. The van der Waals surface area contributed by atoms with Crippen LogP contribution in [0, 0.1) is 0 Å². The highest BCUT2D eigenvalue weighted by Crippen LogP contribution is 2.24. The van der Waals surface area contributed by atoms with Crippen molar-refractivity contribution in [3.05, 3.63) is 12.4 Å². The molecule has 9 heteroatoms. The van der Waals surface area contributed by atoms with E-state index >= 15 is 0 Å². The number of aromatic nitrogens is 2. The molecule has 1 unspecified atom stereocenters. The van der Waals surface area contributed by atoms with Crippen LogP contribution in [-0.2, 0) is 16.6 Å². The second-order valence-electron chi connectivity index (χ2n) is 4.79. The first kappa shape index (κ1) is 15.3. The van der Waals surface area contributed by atoms with Crippen molar-refractivity contribution < 1.29 is 17.2 Å². The van der Waals surface area contributed by atoms with Gasteiger partial charge in [-0.15, -0.1) is 0 Å². The number of piperidine rings is 1. The fraction of sp³-hybridized carbons (Fsp3) is 0.727. The van der Waals surface area contributed by atoms with Crippen molar-refractivity contribution in [1.29, 1.82) is 0 Å². The molecule has 0 spiro atoms. The van der Waals surface area contributed by atoms with Gasteiger partial charge in [-0.2, -0.15) is 9.40 Å². The predicted molar refractivity (Wildman–Crippen MR) is 68.8 cm³/mol. The fourth-order valence-electron chi connectivity index (χ4n) is 2.38. The summed E-state index contributed by atoms with van der Waals surface area (Å²) in [6, 6.07) is -0.229. The highest BCUT2D eigenvalue weighted by Gasteiger charge is 2.33. The molecule has 1 aliphatic rings. The van der Waals surface area contributed by atoms with E-state index in [0.29, 0.717) is 6.54 Å². The molecule has 2 N–H and O–H groups in total. The van der Waals surface area contributed by atoms with E-state index < -0.39 is 23.0 Å². The summed E-state index contributed by atoms with van der Waals surface area (Å²) in [4.78, 5) is -0.0569. The molecule has 1 aliphatic heterocycles. The van der Waals surface area contributed by atoms with E-state index in [1.807, 2.05) is 0 Å². The van der Waals surface area contributed by atoms with E-state index in [-0.39, 0.29) is 17.5 Å². The Balaban J connectivity index is 2.22. The van der Waals surface area contributed by atoms with Crippen LogP contribution in [0.5, 0.6) is 0 Å². The van der Waals surface area contributed by atoms with Crippen LogP contribution in [0.3, 0.4) is 0 Å². The first-order chi connectivity index (χ1) is 9.45. The Kier molecular flexibility index (Phi) is 4.71. The van der Waals surface area contributed by atoms with Gasteiger partial charge >= 0.3 is 0 Å². The van der Waals surface area contributed by atoms with Gasteiger partial charge in [0.2, 0.25) is 10.0 Å². The van der Waals surface area contributed by atoms with Gasteiger partial charge in [-0.1, -0.05) is 6.42 Å². The predicted octanol–water partition coefficient (Wildman–Crippen LogP) is 0.650. The molecule has 2 rings (SSSR count). The zero-order valence-electron chi connectivity index (χ0n) is 11.0. The minimum absolute atomic E-state index is 0.0569. The van der Waals surface area contributed by atoms with Crippen LogP contribution in [0.1, 0.15) is 19.3 Å². The molecular weight excluding hydrogens is 290 g/mol. The lowest BCUT2D eigenvalue weighted by Gasteiger charge is -2.33. The topological polar surface area (TPSA) is 81.2 Å². The van der Waals surface area contributed by atoms with E-state index in [0.717, 1.165) is 36.3 Å². The van der Waals surface area contributed by atoms with Crippen molar-refractivity contribution in [3.63, 3.8) is 0 Å². The molecule has 20 heavy (non-hydrogen) atoms. The van der Waals surface area contributed by atoms with Crippen LogP contribution >= 0.6 is 0 Å². The van der Waals surface area contributed by atoms with E-state index in [2.05, 4.69) is 5.10 Å².